The highest BCUT2D eigenvalue weighted by atomic mass is 32.2. The van der Waals surface area contributed by atoms with Crippen LogP contribution < -0.4 is 5.32 Å². The maximum atomic E-state index is 11.7. The molecule has 14 heavy (non-hydrogen) atoms. The number of carbonyl (C=O) groups excluding carboxylic acids is 1. The fourth-order valence-electron chi connectivity index (χ4n) is 1.89. The zero-order chi connectivity index (χ0) is 10.1. The van der Waals surface area contributed by atoms with Crippen molar-refractivity contribution in [2.24, 2.45) is 0 Å². The highest BCUT2D eigenvalue weighted by Gasteiger charge is 2.29. The molecule has 0 radical (unpaired) electrons. The lowest BCUT2D eigenvalue weighted by Crippen LogP contribution is -2.35. The van der Waals surface area contributed by atoms with Gasteiger partial charge in [0.2, 0.25) is 5.91 Å². The summed E-state index contributed by atoms with van der Waals surface area (Å²) in [5, 5.41) is 2.94. The van der Waals surface area contributed by atoms with Crippen LogP contribution in [0.5, 0.6) is 0 Å². The highest BCUT2D eigenvalue weighted by Crippen LogP contribution is 2.36. The number of thioether (sulfide) groups is 1. The minimum atomic E-state index is -0.0394. The number of rotatable bonds is 1. The molecule has 0 saturated heterocycles. The summed E-state index contributed by atoms with van der Waals surface area (Å²) in [6.07, 6.45) is 1.97. The number of fused-ring (bicyclic) bond motifs is 1. The van der Waals surface area contributed by atoms with E-state index in [1.165, 1.54) is 5.56 Å². The minimum Gasteiger partial charge on any atom is -0.348 e. The summed E-state index contributed by atoms with van der Waals surface area (Å²) >= 11 is 1.59. The number of carbonyl (C=O) groups is 1. The predicted octanol–water partition coefficient (Wildman–Crippen LogP) is 2.28. The first-order chi connectivity index (χ1) is 6.74. The van der Waals surface area contributed by atoms with Gasteiger partial charge in [-0.2, -0.15) is 0 Å². The average molecular weight is 207 g/mol. The van der Waals surface area contributed by atoms with Crippen molar-refractivity contribution < 1.29 is 4.79 Å². The van der Waals surface area contributed by atoms with Crippen LogP contribution in [0, 0.1) is 0 Å². The van der Waals surface area contributed by atoms with E-state index in [0.717, 1.165) is 5.56 Å². The van der Waals surface area contributed by atoms with Gasteiger partial charge < -0.3 is 5.32 Å². The van der Waals surface area contributed by atoms with E-state index in [2.05, 4.69) is 11.4 Å². The van der Waals surface area contributed by atoms with Crippen LogP contribution in [0.2, 0.25) is 0 Å². The maximum absolute atomic E-state index is 11.7. The van der Waals surface area contributed by atoms with Crippen molar-refractivity contribution in [3.63, 3.8) is 0 Å². The molecule has 1 unspecified atom stereocenters. The van der Waals surface area contributed by atoms with Gasteiger partial charge in [-0.1, -0.05) is 24.3 Å². The van der Waals surface area contributed by atoms with E-state index in [-0.39, 0.29) is 17.2 Å². The molecule has 2 atom stereocenters. The zero-order valence-corrected chi connectivity index (χ0v) is 9.10. The third-order valence-electron chi connectivity index (χ3n) is 2.58. The van der Waals surface area contributed by atoms with Gasteiger partial charge in [0, 0.05) is 0 Å². The SMILES string of the molecule is CSC1C(=O)N[C@@H](C)c2ccccc21. The average Bonchev–Trinajstić information content (AvgIpc) is 2.18. The Morgan fingerprint density at radius 1 is 1.29 bits per heavy atom. The molecule has 1 aliphatic heterocycles. The molecular formula is C11H13NOS. The van der Waals surface area contributed by atoms with Crippen LogP contribution >= 0.6 is 11.8 Å². The first-order valence-corrected chi connectivity index (χ1v) is 5.95. The molecule has 1 aromatic rings. The molecule has 0 saturated carbocycles. The number of hydrogen-bond acceptors (Lipinski definition) is 2. The zero-order valence-electron chi connectivity index (χ0n) is 8.28. The van der Waals surface area contributed by atoms with Crippen LogP contribution in [0.3, 0.4) is 0 Å². The smallest absolute Gasteiger partial charge is 0.238 e. The van der Waals surface area contributed by atoms with Gasteiger partial charge in [0.15, 0.2) is 0 Å². The fourth-order valence-corrected chi connectivity index (χ4v) is 2.64. The number of hydrogen-bond donors (Lipinski definition) is 1. The van der Waals surface area contributed by atoms with Crippen molar-refractivity contribution in [3.8, 4) is 0 Å². The maximum Gasteiger partial charge on any atom is 0.238 e. The second-order valence-electron chi connectivity index (χ2n) is 3.47. The van der Waals surface area contributed by atoms with Gasteiger partial charge in [-0.3, -0.25) is 4.79 Å². The minimum absolute atomic E-state index is 0.0394. The van der Waals surface area contributed by atoms with Gasteiger partial charge in [-0.05, 0) is 24.3 Å². The van der Waals surface area contributed by atoms with Gasteiger partial charge in [0.05, 0.1) is 6.04 Å². The summed E-state index contributed by atoms with van der Waals surface area (Å²) in [4.78, 5) is 11.7. The molecule has 0 spiro atoms. The molecule has 1 N–H and O–H groups in total. The first kappa shape index (κ1) is 9.59. The monoisotopic (exact) mass is 207 g/mol. The molecule has 1 aromatic carbocycles. The van der Waals surface area contributed by atoms with Crippen molar-refractivity contribution >= 4 is 17.7 Å². The van der Waals surface area contributed by atoms with E-state index in [0.29, 0.717) is 0 Å². The molecule has 0 aliphatic carbocycles. The Labute approximate surface area is 88.1 Å². The second kappa shape index (κ2) is 3.65. The third-order valence-corrected chi connectivity index (χ3v) is 3.52. The topological polar surface area (TPSA) is 29.1 Å². The summed E-state index contributed by atoms with van der Waals surface area (Å²) in [7, 11) is 0. The van der Waals surface area contributed by atoms with Crippen LogP contribution in [0.15, 0.2) is 24.3 Å². The lowest BCUT2D eigenvalue weighted by Gasteiger charge is -2.28. The number of nitrogens with one attached hydrogen (secondary N) is 1. The van der Waals surface area contributed by atoms with E-state index in [9.17, 15) is 4.79 Å². The molecule has 1 amide bonds. The van der Waals surface area contributed by atoms with Crippen LogP contribution in [-0.4, -0.2) is 12.2 Å². The molecule has 1 aliphatic rings. The molecule has 0 bridgehead atoms. The summed E-state index contributed by atoms with van der Waals surface area (Å²) in [6, 6.07) is 8.29. The van der Waals surface area contributed by atoms with Gasteiger partial charge in [-0.15, -0.1) is 11.8 Å². The van der Waals surface area contributed by atoms with E-state index >= 15 is 0 Å². The van der Waals surface area contributed by atoms with Crippen molar-refractivity contribution in [1.82, 2.24) is 5.32 Å². The van der Waals surface area contributed by atoms with Crippen LogP contribution in [0.4, 0.5) is 0 Å². The normalized spacial score (nSPS) is 25.4. The summed E-state index contributed by atoms with van der Waals surface area (Å²) in [5.74, 6) is 0.128. The van der Waals surface area contributed by atoms with Crippen molar-refractivity contribution in [1.29, 1.82) is 0 Å². The van der Waals surface area contributed by atoms with E-state index in [1.54, 1.807) is 11.8 Å². The van der Waals surface area contributed by atoms with Crippen LogP contribution in [0.1, 0.15) is 29.3 Å². The summed E-state index contributed by atoms with van der Waals surface area (Å²) < 4.78 is 0. The largest absolute Gasteiger partial charge is 0.348 e. The molecule has 3 heteroatoms. The molecule has 0 fully saturated rings. The van der Waals surface area contributed by atoms with Crippen molar-refractivity contribution in [2.75, 3.05) is 6.26 Å². The third kappa shape index (κ3) is 1.42. The Morgan fingerprint density at radius 3 is 2.57 bits per heavy atom. The Bertz CT molecular complexity index is 364. The molecule has 74 valence electrons. The summed E-state index contributed by atoms with van der Waals surface area (Å²) in [5.41, 5.74) is 2.41. The van der Waals surface area contributed by atoms with Crippen LogP contribution in [0.25, 0.3) is 0 Å². The molecule has 0 aromatic heterocycles. The van der Waals surface area contributed by atoms with E-state index < -0.39 is 0 Å². The van der Waals surface area contributed by atoms with Crippen LogP contribution in [-0.2, 0) is 4.79 Å². The molecular weight excluding hydrogens is 194 g/mol. The lowest BCUT2D eigenvalue weighted by molar-refractivity contribution is -0.121. The lowest BCUT2D eigenvalue weighted by atomic mass is 9.95. The fraction of sp³-hybridized carbons (Fsp3) is 0.364. The van der Waals surface area contributed by atoms with Crippen molar-refractivity contribution in [2.45, 2.75) is 18.2 Å². The van der Waals surface area contributed by atoms with Gasteiger partial charge >= 0.3 is 0 Å². The predicted molar refractivity (Wildman–Crippen MR) is 59.3 cm³/mol. The van der Waals surface area contributed by atoms with Gasteiger partial charge in [-0.25, -0.2) is 0 Å². The standard InChI is InChI=1S/C11H13NOS/c1-7-8-5-3-4-6-9(8)10(14-2)11(13)12-7/h3-7,10H,1-2H3,(H,12,13)/t7-,10?/m0/s1. The first-order valence-electron chi connectivity index (χ1n) is 4.66. The summed E-state index contributed by atoms with van der Waals surface area (Å²) in [6.45, 7) is 2.02. The quantitative estimate of drug-likeness (QED) is 0.765. The Morgan fingerprint density at radius 2 is 1.93 bits per heavy atom. The Hall–Kier alpha value is -0.960. The van der Waals surface area contributed by atoms with Crippen molar-refractivity contribution in [3.05, 3.63) is 35.4 Å². The van der Waals surface area contributed by atoms with E-state index in [1.807, 2.05) is 31.4 Å². The second-order valence-corrected chi connectivity index (χ2v) is 4.42. The number of benzene rings is 1. The van der Waals surface area contributed by atoms with Gasteiger partial charge in [0.25, 0.3) is 0 Å². The molecule has 2 rings (SSSR count). The molecule has 2 nitrogen and oxygen atoms in total. The molecule has 1 heterocycles. The van der Waals surface area contributed by atoms with E-state index in [4.69, 9.17) is 0 Å². The Kier molecular flexibility index (Phi) is 2.50. The highest BCUT2D eigenvalue weighted by molar-refractivity contribution is 7.99. The van der Waals surface area contributed by atoms with Gasteiger partial charge in [0.1, 0.15) is 5.25 Å². The Balaban J connectivity index is 2.50. The number of amides is 1.